The number of hydrogen-bond donors (Lipinski definition) is 0. The standard InChI is InChI=1S/C20H18ClFN6O3/c1-4-31-19(29)13-8-23-27(10-13)20-25-16-9-24-28(17(16)18(26-20)30-3)11(2)12-5-14(21)7-15(22)6-12/h5-11H,4H2,1-3H3. The van der Waals surface area contributed by atoms with E-state index in [0.29, 0.717) is 21.6 Å². The van der Waals surface area contributed by atoms with Gasteiger partial charge in [0, 0.05) is 11.2 Å². The number of carbonyl (C=O) groups is 1. The van der Waals surface area contributed by atoms with Crippen molar-refractivity contribution in [2.75, 3.05) is 13.7 Å². The number of carbonyl (C=O) groups excluding carboxylic acids is 1. The van der Waals surface area contributed by atoms with Crippen molar-refractivity contribution in [3.05, 3.63) is 58.8 Å². The van der Waals surface area contributed by atoms with E-state index < -0.39 is 11.8 Å². The fourth-order valence-electron chi connectivity index (χ4n) is 3.17. The normalized spacial score (nSPS) is 12.2. The Morgan fingerprint density at radius 2 is 2.03 bits per heavy atom. The molecule has 11 heteroatoms. The molecule has 4 rings (SSSR count). The minimum atomic E-state index is -0.489. The molecule has 31 heavy (non-hydrogen) atoms. The second-order valence-electron chi connectivity index (χ2n) is 6.63. The van der Waals surface area contributed by atoms with Crippen LogP contribution in [-0.4, -0.2) is 49.2 Å². The number of benzene rings is 1. The van der Waals surface area contributed by atoms with Crippen molar-refractivity contribution < 1.29 is 18.7 Å². The van der Waals surface area contributed by atoms with Crippen molar-refractivity contribution >= 4 is 28.6 Å². The van der Waals surface area contributed by atoms with E-state index in [2.05, 4.69) is 20.2 Å². The van der Waals surface area contributed by atoms with Gasteiger partial charge in [0.1, 0.15) is 16.9 Å². The number of hydrogen-bond acceptors (Lipinski definition) is 7. The van der Waals surface area contributed by atoms with E-state index in [9.17, 15) is 9.18 Å². The molecule has 1 atom stereocenters. The number of halogens is 2. The van der Waals surface area contributed by atoms with E-state index in [1.165, 1.54) is 36.3 Å². The molecule has 9 nitrogen and oxygen atoms in total. The third-order valence-electron chi connectivity index (χ3n) is 4.63. The van der Waals surface area contributed by atoms with Crippen LogP contribution < -0.4 is 4.74 Å². The number of esters is 1. The first-order valence-corrected chi connectivity index (χ1v) is 9.76. The lowest BCUT2D eigenvalue weighted by Crippen LogP contribution is -2.11. The van der Waals surface area contributed by atoms with Gasteiger partial charge in [0.25, 0.3) is 5.95 Å². The maximum atomic E-state index is 13.8. The Labute approximate surface area is 181 Å². The summed E-state index contributed by atoms with van der Waals surface area (Å²) in [5.41, 5.74) is 1.92. The molecule has 0 radical (unpaired) electrons. The molecule has 0 aliphatic carbocycles. The van der Waals surface area contributed by atoms with Crippen molar-refractivity contribution in [3.8, 4) is 11.8 Å². The van der Waals surface area contributed by atoms with Crippen LogP contribution in [0, 0.1) is 5.82 Å². The first-order valence-electron chi connectivity index (χ1n) is 9.38. The lowest BCUT2D eigenvalue weighted by atomic mass is 10.1. The summed E-state index contributed by atoms with van der Waals surface area (Å²) in [6.07, 6.45) is 4.40. The van der Waals surface area contributed by atoms with Gasteiger partial charge in [-0.2, -0.15) is 15.2 Å². The average molecular weight is 445 g/mol. The highest BCUT2D eigenvalue weighted by Crippen LogP contribution is 2.30. The van der Waals surface area contributed by atoms with Crippen LogP contribution in [0.1, 0.15) is 35.8 Å². The molecule has 0 spiro atoms. The van der Waals surface area contributed by atoms with Crippen molar-refractivity contribution in [1.82, 2.24) is 29.5 Å². The summed E-state index contributed by atoms with van der Waals surface area (Å²) >= 11 is 6.00. The van der Waals surface area contributed by atoms with E-state index in [-0.39, 0.29) is 30.0 Å². The number of rotatable bonds is 6. The highest BCUT2D eigenvalue weighted by Gasteiger charge is 2.21. The maximum absolute atomic E-state index is 13.8. The smallest absolute Gasteiger partial charge is 0.341 e. The van der Waals surface area contributed by atoms with Gasteiger partial charge in [-0.1, -0.05) is 11.6 Å². The second-order valence-corrected chi connectivity index (χ2v) is 7.07. The largest absolute Gasteiger partial charge is 0.479 e. The van der Waals surface area contributed by atoms with E-state index in [4.69, 9.17) is 21.1 Å². The fourth-order valence-corrected chi connectivity index (χ4v) is 3.40. The van der Waals surface area contributed by atoms with Gasteiger partial charge < -0.3 is 9.47 Å². The molecule has 0 aliphatic heterocycles. The Kier molecular flexibility index (Phi) is 5.55. The van der Waals surface area contributed by atoms with Crippen LogP contribution in [0.15, 0.2) is 36.8 Å². The molecule has 0 amide bonds. The van der Waals surface area contributed by atoms with Crippen molar-refractivity contribution in [1.29, 1.82) is 0 Å². The van der Waals surface area contributed by atoms with Crippen LogP contribution in [0.25, 0.3) is 17.0 Å². The highest BCUT2D eigenvalue weighted by atomic mass is 35.5. The number of ether oxygens (including phenoxy) is 2. The molecular weight excluding hydrogens is 427 g/mol. The topological polar surface area (TPSA) is 97.0 Å². The Balaban J connectivity index is 1.76. The van der Waals surface area contributed by atoms with Crippen molar-refractivity contribution in [2.45, 2.75) is 19.9 Å². The third kappa shape index (κ3) is 3.93. The van der Waals surface area contributed by atoms with Gasteiger partial charge in [0.2, 0.25) is 5.88 Å². The van der Waals surface area contributed by atoms with Gasteiger partial charge in [0.15, 0.2) is 0 Å². The van der Waals surface area contributed by atoms with Crippen LogP contribution >= 0.6 is 11.6 Å². The zero-order chi connectivity index (χ0) is 22.1. The van der Waals surface area contributed by atoms with Gasteiger partial charge in [-0.3, -0.25) is 4.68 Å². The summed E-state index contributed by atoms with van der Waals surface area (Å²) in [6, 6.07) is 3.94. The fraction of sp³-hybridized carbons (Fsp3) is 0.250. The maximum Gasteiger partial charge on any atom is 0.341 e. The highest BCUT2D eigenvalue weighted by molar-refractivity contribution is 6.30. The first kappa shape index (κ1) is 20.7. The van der Waals surface area contributed by atoms with E-state index in [1.807, 2.05) is 6.92 Å². The molecule has 0 saturated heterocycles. The monoisotopic (exact) mass is 444 g/mol. The molecular formula is C20H18ClFN6O3. The van der Waals surface area contributed by atoms with Crippen LogP contribution in [0.5, 0.6) is 5.88 Å². The average Bonchev–Trinajstić information content (AvgIpc) is 3.39. The van der Waals surface area contributed by atoms with E-state index in [1.54, 1.807) is 23.9 Å². The van der Waals surface area contributed by atoms with Crippen LogP contribution in [0.2, 0.25) is 5.02 Å². The molecule has 0 N–H and O–H groups in total. The molecule has 3 heterocycles. The van der Waals surface area contributed by atoms with Gasteiger partial charge in [-0.25, -0.2) is 18.9 Å². The number of methoxy groups -OCH3 is 1. The third-order valence-corrected chi connectivity index (χ3v) is 4.85. The Morgan fingerprint density at radius 3 is 2.74 bits per heavy atom. The lowest BCUT2D eigenvalue weighted by molar-refractivity contribution is 0.0526. The predicted molar refractivity (Wildman–Crippen MR) is 110 cm³/mol. The number of fused-ring (bicyclic) bond motifs is 1. The molecule has 1 unspecified atom stereocenters. The molecule has 0 bridgehead atoms. The summed E-state index contributed by atoms with van der Waals surface area (Å²) in [7, 11) is 1.47. The molecule has 0 fully saturated rings. The molecule has 1 aromatic carbocycles. The van der Waals surface area contributed by atoms with Gasteiger partial charge in [0.05, 0.1) is 37.7 Å². The zero-order valence-corrected chi connectivity index (χ0v) is 17.7. The van der Waals surface area contributed by atoms with Gasteiger partial charge in [-0.05, 0) is 37.6 Å². The molecule has 4 aromatic rings. The zero-order valence-electron chi connectivity index (χ0n) is 16.9. The summed E-state index contributed by atoms with van der Waals surface area (Å²) in [5.74, 6) is -0.481. The second kappa shape index (κ2) is 8.31. The Hall–Kier alpha value is -3.53. The number of aromatic nitrogens is 6. The SMILES string of the molecule is CCOC(=O)c1cnn(-c2nc(OC)c3c(cnn3C(C)c3cc(F)cc(Cl)c3)n2)c1. The number of nitrogens with zero attached hydrogens (tertiary/aromatic N) is 6. The lowest BCUT2D eigenvalue weighted by Gasteiger charge is -2.15. The van der Waals surface area contributed by atoms with Gasteiger partial charge in [-0.15, -0.1) is 0 Å². The van der Waals surface area contributed by atoms with Crippen molar-refractivity contribution in [3.63, 3.8) is 0 Å². The molecule has 0 aliphatic rings. The van der Waals surface area contributed by atoms with Crippen LogP contribution in [0.3, 0.4) is 0 Å². The first-order chi connectivity index (χ1) is 14.9. The summed E-state index contributed by atoms with van der Waals surface area (Å²) in [4.78, 5) is 20.8. The molecule has 160 valence electrons. The Morgan fingerprint density at radius 1 is 1.23 bits per heavy atom. The Bertz CT molecular complexity index is 1250. The van der Waals surface area contributed by atoms with E-state index >= 15 is 0 Å². The van der Waals surface area contributed by atoms with Crippen LogP contribution in [-0.2, 0) is 4.74 Å². The van der Waals surface area contributed by atoms with E-state index in [0.717, 1.165) is 0 Å². The van der Waals surface area contributed by atoms with Gasteiger partial charge >= 0.3 is 5.97 Å². The predicted octanol–water partition coefficient (Wildman–Crippen LogP) is 3.60. The summed E-state index contributed by atoms with van der Waals surface area (Å²) in [6.45, 7) is 3.83. The molecule has 3 aromatic heterocycles. The molecule has 0 saturated carbocycles. The summed E-state index contributed by atoms with van der Waals surface area (Å²) in [5, 5.41) is 8.82. The van der Waals surface area contributed by atoms with Crippen molar-refractivity contribution in [2.24, 2.45) is 0 Å². The minimum Gasteiger partial charge on any atom is -0.479 e. The minimum absolute atomic E-state index is 0.195. The van der Waals surface area contributed by atoms with Crippen LogP contribution in [0.4, 0.5) is 4.39 Å². The quantitative estimate of drug-likeness (QED) is 0.419. The summed E-state index contributed by atoms with van der Waals surface area (Å²) < 4.78 is 27.3.